The number of carbonyl (C=O) groups excluding carboxylic acids is 2. The molecule has 0 radical (unpaired) electrons. The Kier molecular flexibility index (Phi) is 7.20. The normalized spacial score (nSPS) is 19.2. The molecule has 1 fully saturated rings. The molecule has 148 valence electrons. The second-order valence-corrected chi connectivity index (χ2v) is 7.18. The number of hydrogen-bond acceptors (Lipinski definition) is 4. The van der Waals surface area contributed by atoms with E-state index in [1.807, 2.05) is 60.7 Å². The molecule has 0 spiro atoms. The lowest BCUT2D eigenvalue weighted by molar-refractivity contribution is -0.121. The maximum absolute atomic E-state index is 12.7. The summed E-state index contributed by atoms with van der Waals surface area (Å²) in [4.78, 5) is 26.2. The predicted octanol–water partition coefficient (Wildman–Crippen LogP) is 4.35. The number of ketones is 1. The van der Waals surface area contributed by atoms with Gasteiger partial charge < -0.3 is 14.4 Å². The van der Waals surface area contributed by atoms with E-state index in [1.54, 1.807) is 11.8 Å². The summed E-state index contributed by atoms with van der Waals surface area (Å²) >= 11 is 0. The number of carbonyl (C=O) groups is 2. The molecule has 0 N–H and O–H groups in total. The van der Waals surface area contributed by atoms with Crippen LogP contribution in [0.2, 0.25) is 0 Å². The maximum Gasteiger partial charge on any atom is 0.410 e. The smallest absolute Gasteiger partial charge is 0.410 e. The van der Waals surface area contributed by atoms with E-state index in [0.717, 1.165) is 24.0 Å². The zero-order valence-corrected chi connectivity index (χ0v) is 16.3. The van der Waals surface area contributed by atoms with Gasteiger partial charge in [0, 0.05) is 13.0 Å². The molecule has 5 heteroatoms. The molecular weight excluding hydrogens is 354 g/mol. The molecule has 1 saturated heterocycles. The van der Waals surface area contributed by atoms with Gasteiger partial charge in [-0.05, 0) is 30.9 Å². The van der Waals surface area contributed by atoms with Crippen LogP contribution in [0.25, 0.3) is 0 Å². The van der Waals surface area contributed by atoms with Gasteiger partial charge in [0.05, 0.1) is 18.8 Å². The summed E-state index contributed by atoms with van der Waals surface area (Å²) in [6.45, 7) is 2.82. The van der Waals surface area contributed by atoms with Crippen molar-refractivity contribution in [3.8, 4) is 0 Å². The molecule has 0 aromatic heterocycles. The summed E-state index contributed by atoms with van der Waals surface area (Å²) in [5.74, 6) is 0.0427. The van der Waals surface area contributed by atoms with Crippen LogP contribution in [0.5, 0.6) is 0 Å². The first-order chi connectivity index (χ1) is 13.6. The van der Waals surface area contributed by atoms with Crippen molar-refractivity contribution < 1.29 is 19.1 Å². The molecule has 1 amide bonds. The molecule has 1 aliphatic rings. The number of likely N-dealkylation sites (tertiary alicyclic amines) is 1. The van der Waals surface area contributed by atoms with E-state index in [0.29, 0.717) is 13.2 Å². The number of hydrogen-bond donors (Lipinski definition) is 0. The molecule has 3 rings (SSSR count). The van der Waals surface area contributed by atoms with Crippen LogP contribution >= 0.6 is 0 Å². The van der Waals surface area contributed by atoms with Crippen molar-refractivity contribution in [1.82, 2.24) is 4.90 Å². The zero-order chi connectivity index (χ0) is 19.8. The van der Waals surface area contributed by atoms with Crippen molar-refractivity contribution in [3.05, 3.63) is 71.8 Å². The molecule has 28 heavy (non-hydrogen) atoms. The van der Waals surface area contributed by atoms with E-state index in [4.69, 9.17) is 9.47 Å². The largest absolute Gasteiger partial charge is 0.445 e. The highest BCUT2D eigenvalue weighted by atomic mass is 16.6. The van der Waals surface area contributed by atoms with Gasteiger partial charge >= 0.3 is 6.09 Å². The monoisotopic (exact) mass is 381 g/mol. The van der Waals surface area contributed by atoms with Gasteiger partial charge in [-0.1, -0.05) is 60.7 Å². The minimum atomic E-state index is -0.386. The summed E-state index contributed by atoms with van der Waals surface area (Å²) < 4.78 is 11.6. The average molecular weight is 381 g/mol. The lowest BCUT2D eigenvalue weighted by atomic mass is 9.95. The summed E-state index contributed by atoms with van der Waals surface area (Å²) in [6.07, 6.45) is 1.37. The quantitative estimate of drug-likeness (QED) is 0.715. The van der Waals surface area contributed by atoms with Gasteiger partial charge in [-0.3, -0.25) is 4.79 Å². The van der Waals surface area contributed by atoms with Crippen molar-refractivity contribution in [2.24, 2.45) is 0 Å². The van der Waals surface area contributed by atoms with Crippen LogP contribution in [-0.4, -0.2) is 35.5 Å². The van der Waals surface area contributed by atoms with Gasteiger partial charge in [0.25, 0.3) is 0 Å². The third-order valence-electron chi connectivity index (χ3n) is 4.96. The third-order valence-corrected chi connectivity index (χ3v) is 4.96. The number of benzene rings is 2. The Labute approximate surface area is 166 Å². The van der Waals surface area contributed by atoms with Crippen LogP contribution in [0.1, 0.15) is 37.3 Å². The summed E-state index contributed by atoms with van der Waals surface area (Å²) in [6, 6.07) is 19.2. The van der Waals surface area contributed by atoms with Crippen molar-refractivity contribution in [2.75, 3.05) is 6.54 Å². The SMILES string of the molecule is CC(=O)CC1C(OCc2ccccc2)CCCN1C(=O)OCc1ccccc1. The number of amides is 1. The van der Waals surface area contributed by atoms with Gasteiger partial charge in [0.15, 0.2) is 0 Å². The maximum atomic E-state index is 12.7. The summed E-state index contributed by atoms with van der Waals surface area (Å²) in [5.41, 5.74) is 2.01. The van der Waals surface area contributed by atoms with Gasteiger partial charge in [-0.2, -0.15) is 0 Å². The first-order valence-electron chi connectivity index (χ1n) is 9.76. The van der Waals surface area contributed by atoms with Crippen molar-refractivity contribution in [3.63, 3.8) is 0 Å². The Morgan fingerprint density at radius 1 is 0.964 bits per heavy atom. The molecule has 2 aromatic rings. The number of Topliss-reactive ketones (excluding diaryl/α,β-unsaturated/α-hetero) is 1. The Hall–Kier alpha value is -2.66. The molecule has 2 unspecified atom stereocenters. The molecular formula is C23H27NO4. The number of nitrogens with zero attached hydrogens (tertiary/aromatic N) is 1. The van der Waals surface area contributed by atoms with Crippen LogP contribution in [0, 0.1) is 0 Å². The van der Waals surface area contributed by atoms with E-state index in [-0.39, 0.29) is 37.0 Å². The van der Waals surface area contributed by atoms with Gasteiger partial charge in [0.2, 0.25) is 0 Å². The van der Waals surface area contributed by atoms with Crippen molar-refractivity contribution >= 4 is 11.9 Å². The van der Waals surface area contributed by atoms with Crippen LogP contribution in [0.4, 0.5) is 4.79 Å². The third kappa shape index (κ3) is 5.67. The molecule has 2 aromatic carbocycles. The Balaban J connectivity index is 1.64. The first-order valence-corrected chi connectivity index (χ1v) is 9.76. The lowest BCUT2D eigenvalue weighted by Gasteiger charge is -2.40. The van der Waals surface area contributed by atoms with E-state index < -0.39 is 0 Å². The van der Waals surface area contributed by atoms with Crippen LogP contribution in [0.15, 0.2) is 60.7 Å². The minimum absolute atomic E-state index is 0.0427. The summed E-state index contributed by atoms with van der Waals surface area (Å²) in [7, 11) is 0. The lowest BCUT2D eigenvalue weighted by Crippen LogP contribution is -2.52. The zero-order valence-electron chi connectivity index (χ0n) is 16.3. The van der Waals surface area contributed by atoms with E-state index in [2.05, 4.69) is 0 Å². The first kappa shape index (κ1) is 20.1. The number of ether oxygens (including phenoxy) is 2. The predicted molar refractivity (Wildman–Crippen MR) is 107 cm³/mol. The average Bonchev–Trinajstić information content (AvgIpc) is 2.72. The molecule has 1 heterocycles. The van der Waals surface area contributed by atoms with E-state index in [9.17, 15) is 9.59 Å². The van der Waals surface area contributed by atoms with Crippen LogP contribution in [-0.2, 0) is 27.5 Å². The fourth-order valence-electron chi connectivity index (χ4n) is 3.56. The fraction of sp³-hybridized carbons (Fsp3) is 0.391. The molecule has 1 aliphatic heterocycles. The highest BCUT2D eigenvalue weighted by Gasteiger charge is 2.36. The Morgan fingerprint density at radius 3 is 2.18 bits per heavy atom. The molecule has 0 saturated carbocycles. The molecule has 0 bridgehead atoms. The fourth-order valence-corrected chi connectivity index (χ4v) is 3.56. The highest BCUT2D eigenvalue weighted by Crippen LogP contribution is 2.25. The van der Waals surface area contributed by atoms with Crippen molar-refractivity contribution in [2.45, 2.75) is 51.5 Å². The molecule has 0 aliphatic carbocycles. The van der Waals surface area contributed by atoms with Gasteiger partial charge in [0.1, 0.15) is 12.4 Å². The van der Waals surface area contributed by atoms with Crippen molar-refractivity contribution in [1.29, 1.82) is 0 Å². The Morgan fingerprint density at radius 2 is 1.57 bits per heavy atom. The molecule has 5 nitrogen and oxygen atoms in total. The van der Waals surface area contributed by atoms with Crippen LogP contribution < -0.4 is 0 Å². The van der Waals surface area contributed by atoms with Crippen LogP contribution in [0.3, 0.4) is 0 Å². The standard InChI is InChI=1S/C23H27NO4/c1-18(25)15-21-22(27-16-19-9-4-2-5-10-19)13-8-14-24(21)23(26)28-17-20-11-6-3-7-12-20/h2-7,9-12,21-22H,8,13-17H2,1H3. The topological polar surface area (TPSA) is 55.8 Å². The van der Waals surface area contributed by atoms with Gasteiger partial charge in [-0.15, -0.1) is 0 Å². The highest BCUT2D eigenvalue weighted by molar-refractivity contribution is 5.77. The number of rotatable bonds is 7. The second kappa shape index (κ2) is 10.0. The summed E-state index contributed by atoms with van der Waals surface area (Å²) in [5, 5.41) is 0. The second-order valence-electron chi connectivity index (χ2n) is 7.18. The minimum Gasteiger partial charge on any atom is -0.445 e. The Bertz CT molecular complexity index is 763. The molecule has 2 atom stereocenters. The van der Waals surface area contributed by atoms with E-state index >= 15 is 0 Å². The van der Waals surface area contributed by atoms with E-state index in [1.165, 1.54) is 0 Å². The number of piperidine rings is 1. The van der Waals surface area contributed by atoms with Gasteiger partial charge in [-0.25, -0.2) is 4.79 Å².